The van der Waals surface area contributed by atoms with Crippen LogP contribution in [0.1, 0.15) is 29.2 Å². The van der Waals surface area contributed by atoms with Gasteiger partial charge in [0.25, 0.3) is 10.0 Å². The van der Waals surface area contributed by atoms with E-state index in [4.69, 9.17) is 0 Å². The van der Waals surface area contributed by atoms with Crippen LogP contribution in [0.3, 0.4) is 0 Å². The van der Waals surface area contributed by atoms with E-state index in [1.165, 1.54) is 27.8 Å². The van der Waals surface area contributed by atoms with Crippen LogP contribution < -0.4 is 0 Å². The lowest BCUT2D eigenvalue weighted by molar-refractivity contribution is 0.321. The number of sulfonamides is 1. The number of aromatic nitrogens is 1. The number of hydrogen-bond acceptors (Lipinski definition) is 3. The van der Waals surface area contributed by atoms with Crippen molar-refractivity contribution >= 4 is 32.3 Å². The summed E-state index contributed by atoms with van der Waals surface area (Å²) in [6, 6.07) is 12.0. The van der Waals surface area contributed by atoms with Gasteiger partial charge in [-0.2, -0.15) is 4.31 Å². The van der Waals surface area contributed by atoms with Crippen molar-refractivity contribution in [1.29, 1.82) is 0 Å². The van der Waals surface area contributed by atoms with Gasteiger partial charge in [-0.3, -0.25) is 0 Å². The maximum atomic E-state index is 12.8. The van der Waals surface area contributed by atoms with E-state index in [2.05, 4.69) is 42.1 Å². The topological polar surface area (TPSA) is 42.3 Å². The molecule has 1 aliphatic heterocycles. The van der Waals surface area contributed by atoms with Gasteiger partial charge < -0.3 is 4.57 Å². The van der Waals surface area contributed by atoms with Gasteiger partial charge in [0, 0.05) is 42.1 Å². The zero-order chi connectivity index (χ0) is 17.6. The summed E-state index contributed by atoms with van der Waals surface area (Å²) < 4.78 is 29.9. The highest BCUT2D eigenvalue weighted by molar-refractivity contribution is 7.91. The molecule has 0 amide bonds. The van der Waals surface area contributed by atoms with E-state index in [0.29, 0.717) is 23.2 Å². The fourth-order valence-electron chi connectivity index (χ4n) is 3.78. The van der Waals surface area contributed by atoms with Crippen molar-refractivity contribution in [3.05, 3.63) is 53.0 Å². The van der Waals surface area contributed by atoms with Crippen LogP contribution in [0.2, 0.25) is 0 Å². The number of thiophene rings is 1. The molecule has 1 saturated heterocycles. The highest BCUT2D eigenvalue weighted by Gasteiger charge is 2.31. The number of nitrogens with zero attached hydrogens (tertiary/aromatic N) is 2. The Morgan fingerprint density at radius 3 is 2.48 bits per heavy atom. The SMILES string of the molecule is Cc1ccc(S(=O)(=O)N2CCC(c3cn(C)c4ccccc34)CC2)s1. The van der Waals surface area contributed by atoms with Crippen molar-refractivity contribution in [2.75, 3.05) is 13.1 Å². The lowest BCUT2D eigenvalue weighted by atomic mass is 9.90. The summed E-state index contributed by atoms with van der Waals surface area (Å²) in [7, 11) is -1.26. The molecule has 3 heterocycles. The van der Waals surface area contributed by atoms with Gasteiger partial charge in [-0.1, -0.05) is 18.2 Å². The molecule has 3 aromatic rings. The fraction of sp³-hybridized carbons (Fsp3) is 0.368. The second-order valence-electron chi connectivity index (χ2n) is 6.76. The molecule has 0 atom stereocenters. The van der Waals surface area contributed by atoms with E-state index >= 15 is 0 Å². The molecule has 1 aromatic carbocycles. The normalized spacial score (nSPS) is 17.4. The molecule has 6 heteroatoms. The summed E-state index contributed by atoms with van der Waals surface area (Å²) in [5, 5.41) is 1.29. The highest BCUT2D eigenvalue weighted by atomic mass is 32.2. The van der Waals surface area contributed by atoms with Gasteiger partial charge in [0.15, 0.2) is 0 Å². The molecule has 0 saturated carbocycles. The second kappa shape index (κ2) is 6.27. The second-order valence-corrected chi connectivity index (χ2v) is 10.2. The van der Waals surface area contributed by atoms with Gasteiger partial charge in [-0.05, 0) is 49.4 Å². The Labute approximate surface area is 152 Å². The minimum Gasteiger partial charge on any atom is -0.350 e. The molecule has 2 aromatic heterocycles. The van der Waals surface area contributed by atoms with E-state index < -0.39 is 10.0 Å². The lowest BCUT2D eigenvalue weighted by Gasteiger charge is -2.30. The third kappa shape index (κ3) is 2.92. The molecule has 25 heavy (non-hydrogen) atoms. The van der Waals surface area contributed by atoms with E-state index in [9.17, 15) is 8.42 Å². The van der Waals surface area contributed by atoms with E-state index in [1.54, 1.807) is 10.4 Å². The summed E-state index contributed by atoms with van der Waals surface area (Å²) in [6.45, 7) is 3.12. The van der Waals surface area contributed by atoms with Crippen molar-refractivity contribution in [3.8, 4) is 0 Å². The monoisotopic (exact) mass is 374 g/mol. The van der Waals surface area contributed by atoms with E-state index in [1.807, 2.05) is 13.0 Å². The molecule has 4 nitrogen and oxygen atoms in total. The van der Waals surface area contributed by atoms with Crippen LogP contribution in [0, 0.1) is 6.92 Å². The largest absolute Gasteiger partial charge is 0.350 e. The standard InChI is InChI=1S/C19H22N2O2S2/c1-14-7-8-19(24-14)25(22,23)21-11-9-15(10-12-21)17-13-20(2)18-6-4-3-5-16(17)18/h3-8,13,15H,9-12H2,1-2H3. The van der Waals surface area contributed by atoms with Gasteiger partial charge >= 0.3 is 0 Å². The van der Waals surface area contributed by atoms with Crippen molar-refractivity contribution in [2.24, 2.45) is 7.05 Å². The molecule has 0 radical (unpaired) electrons. The third-order valence-corrected chi connectivity index (χ3v) is 8.50. The van der Waals surface area contributed by atoms with Crippen molar-refractivity contribution in [1.82, 2.24) is 8.87 Å². The van der Waals surface area contributed by atoms with Crippen LogP contribution in [-0.2, 0) is 17.1 Å². The maximum absolute atomic E-state index is 12.8. The average Bonchev–Trinajstić information content (AvgIpc) is 3.20. The van der Waals surface area contributed by atoms with Crippen molar-refractivity contribution in [3.63, 3.8) is 0 Å². The van der Waals surface area contributed by atoms with Crippen LogP contribution in [0.15, 0.2) is 46.8 Å². The minimum absolute atomic E-state index is 0.419. The zero-order valence-electron chi connectivity index (χ0n) is 14.5. The predicted octanol–water partition coefficient (Wildman–Crippen LogP) is 4.12. The van der Waals surface area contributed by atoms with Crippen LogP contribution in [0.25, 0.3) is 10.9 Å². The summed E-state index contributed by atoms with van der Waals surface area (Å²) in [5.41, 5.74) is 2.59. The summed E-state index contributed by atoms with van der Waals surface area (Å²) in [6.07, 6.45) is 3.96. The Balaban J connectivity index is 1.55. The molecule has 0 spiro atoms. The molecule has 0 unspecified atom stereocenters. The predicted molar refractivity (Wildman–Crippen MR) is 103 cm³/mol. The Morgan fingerprint density at radius 2 is 1.80 bits per heavy atom. The van der Waals surface area contributed by atoms with Gasteiger partial charge in [-0.25, -0.2) is 8.42 Å². The number of rotatable bonds is 3. The average molecular weight is 375 g/mol. The smallest absolute Gasteiger partial charge is 0.252 e. The Bertz CT molecular complexity index is 1010. The number of aryl methyl sites for hydroxylation is 2. The molecular formula is C19H22N2O2S2. The molecule has 0 N–H and O–H groups in total. The van der Waals surface area contributed by atoms with Gasteiger partial charge in [-0.15, -0.1) is 11.3 Å². The molecule has 4 rings (SSSR count). The van der Waals surface area contributed by atoms with Gasteiger partial charge in [0.1, 0.15) is 4.21 Å². The minimum atomic E-state index is -3.34. The fourth-order valence-corrected chi connectivity index (χ4v) is 6.69. The van der Waals surface area contributed by atoms with E-state index in [0.717, 1.165) is 17.7 Å². The van der Waals surface area contributed by atoms with Crippen LogP contribution in [0.4, 0.5) is 0 Å². The van der Waals surface area contributed by atoms with Crippen LogP contribution in [-0.4, -0.2) is 30.4 Å². The number of fused-ring (bicyclic) bond motifs is 1. The first-order valence-corrected chi connectivity index (χ1v) is 10.8. The van der Waals surface area contributed by atoms with Crippen molar-refractivity contribution < 1.29 is 8.42 Å². The van der Waals surface area contributed by atoms with Gasteiger partial charge in [0.2, 0.25) is 0 Å². The quantitative estimate of drug-likeness (QED) is 0.692. The summed E-state index contributed by atoms with van der Waals surface area (Å²) >= 11 is 1.36. The molecule has 1 fully saturated rings. The first kappa shape index (κ1) is 16.8. The molecule has 132 valence electrons. The van der Waals surface area contributed by atoms with Gasteiger partial charge in [0.05, 0.1) is 0 Å². The molecular weight excluding hydrogens is 352 g/mol. The first-order chi connectivity index (χ1) is 12.0. The molecule has 0 aliphatic carbocycles. The Hall–Kier alpha value is -1.63. The van der Waals surface area contributed by atoms with Crippen LogP contribution in [0.5, 0.6) is 0 Å². The zero-order valence-corrected chi connectivity index (χ0v) is 16.1. The summed E-state index contributed by atoms with van der Waals surface area (Å²) in [4.78, 5) is 1.03. The number of benzene rings is 1. The lowest BCUT2D eigenvalue weighted by Crippen LogP contribution is -2.37. The number of para-hydroxylation sites is 1. The van der Waals surface area contributed by atoms with Crippen molar-refractivity contribution in [2.45, 2.75) is 29.9 Å². The number of hydrogen-bond donors (Lipinski definition) is 0. The number of piperidine rings is 1. The highest BCUT2D eigenvalue weighted by Crippen LogP contribution is 2.36. The Morgan fingerprint density at radius 1 is 1.08 bits per heavy atom. The third-order valence-electron chi connectivity index (χ3n) is 5.13. The Kier molecular flexibility index (Phi) is 4.22. The molecule has 1 aliphatic rings. The first-order valence-electron chi connectivity index (χ1n) is 8.57. The molecule has 0 bridgehead atoms. The van der Waals surface area contributed by atoms with Crippen LogP contribution >= 0.6 is 11.3 Å². The maximum Gasteiger partial charge on any atom is 0.252 e. The van der Waals surface area contributed by atoms with E-state index in [-0.39, 0.29) is 0 Å². The summed E-state index contributed by atoms with van der Waals surface area (Å²) in [5.74, 6) is 0.419.